The summed E-state index contributed by atoms with van der Waals surface area (Å²) in [4.78, 5) is 23.4. The van der Waals surface area contributed by atoms with Crippen LogP contribution < -0.4 is 10.2 Å². The summed E-state index contributed by atoms with van der Waals surface area (Å²) in [5.74, 6) is -0.198. The fraction of sp³-hybridized carbons (Fsp3) is 0.0667. The smallest absolute Gasteiger partial charge is 0.308 e. The molecule has 0 aliphatic carbocycles. The van der Waals surface area contributed by atoms with Crippen LogP contribution in [0.3, 0.4) is 0 Å². The minimum atomic E-state index is -0.455. The van der Waals surface area contributed by atoms with E-state index in [0.717, 1.165) is 0 Å². The molecule has 0 bridgehead atoms. The molecule has 19 heavy (non-hydrogen) atoms. The molecule has 94 valence electrons. The average molecular weight is 254 g/mol. The maximum atomic E-state index is 12.3. The molecular weight excluding hydrogens is 244 g/mol. The van der Waals surface area contributed by atoms with E-state index in [2.05, 4.69) is 0 Å². The molecule has 0 aliphatic rings. The van der Waals surface area contributed by atoms with Crippen molar-refractivity contribution in [1.82, 2.24) is 0 Å². The van der Waals surface area contributed by atoms with Crippen molar-refractivity contribution >= 4 is 27.9 Å². The van der Waals surface area contributed by atoms with Crippen LogP contribution in [0.25, 0.3) is 21.9 Å². The first-order valence-corrected chi connectivity index (χ1v) is 5.80. The van der Waals surface area contributed by atoms with E-state index in [1.807, 2.05) is 0 Å². The van der Waals surface area contributed by atoms with Crippen LogP contribution in [0.5, 0.6) is 5.75 Å². The second kappa shape index (κ2) is 4.24. The van der Waals surface area contributed by atoms with Crippen molar-refractivity contribution in [3.63, 3.8) is 0 Å². The van der Waals surface area contributed by atoms with Crippen LogP contribution in [0.15, 0.2) is 51.7 Å². The number of carbonyl (C=O) groups is 1. The predicted octanol–water partition coefficient (Wildman–Crippen LogP) is 2.87. The summed E-state index contributed by atoms with van der Waals surface area (Å²) in [6.45, 7) is 1.30. The topological polar surface area (TPSA) is 56.5 Å². The molecule has 0 N–H and O–H groups in total. The molecule has 0 aliphatic heterocycles. The Morgan fingerprint density at radius 2 is 1.79 bits per heavy atom. The van der Waals surface area contributed by atoms with Gasteiger partial charge in [-0.25, -0.2) is 0 Å². The Bertz CT molecular complexity index is 846. The van der Waals surface area contributed by atoms with Crippen molar-refractivity contribution in [3.05, 3.63) is 52.7 Å². The Hall–Kier alpha value is -2.62. The summed E-state index contributed by atoms with van der Waals surface area (Å²) in [5.41, 5.74) is 0.631. The normalized spacial score (nSPS) is 10.8. The highest BCUT2D eigenvalue weighted by Crippen LogP contribution is 2.26. The van der Waals surface area contributed by atoms with Crippen LogP contribution in [0.4, 0.5) is 0 Å². The van der Waals surface area contributed by atoms with Gasteiger partial charge in [-0.05, 0) is 24.3 Å². The van der Waals surface area contributed by atoms with Gasteiger partial charge in [-0.2, -0.15) is 0 Å². The summed E-state index contributed by atoms with van der Waals surface area (Å²) < 4.78 is 10.7. The highest BCUT2D eigenvalue weighted by molar-refractivity contribution is 5.93. The van der Waals surface area contributed by atoms with Crippen molar-refractivity contribution in [2.45, 2.75) is 6.92 Å². The van der Waals surface area contributed by atoms with E-state index in [1.54, 1.807) is 42.5 Å². The maximum Gasteiger partial charge on any atom is 0.308 e. The van der Waals surface area contributed by atoms with Gasteiger partial charge in [-0.1, -0.05) is 18.2 Å². The molecule has 2 aromatic carbocycles. The van der Waals surface area contributed by atoms with Crippen LogP contribution in [-0.4, -0.2) is 5.97 Å². The molecule has 0 saturated carbocycles. The highest BCUT2D eigenvalue weighted by Gasteiger charge is 2.12. The molecule has 0 saturated heterocycles. The van der Waals surface area contributed by atoms with E-state index in [0.29, 0.717) is 21.9 Å². The van der Waals surface area contributed by atoms with Gasteiger partial charge in [0.05, 0.1) is 10.8 Å². The number of hydrogen-bond donors (Lipinski definition) is 0. The molecule has 0 unspecified atom stereocenters. The van der Waals surface area contributed by atoms with Crippen LogP contribution in [-0.2, 0) is 4.79 Å². The molecule has 0 spiro atoms. The molecular formula is C15H10O4. The van der Waals surface area contributed by atoms with E-state index in [1.165, 1.54) is 6.92 Å². The van der Waals surface area contributed by atoms with Gasteiger partial charge in [0.1, 0.15) is 5.58 Å². The first-order chi connectivity index (χ1) is 9.16. The van der Waals surface area contributed by atoms with Gasteiger partial charge >= 0.3 is 5.97 Å². The lowest BCUT2D eigenvalue weighted by molar-refractivity contribution is -0.131. The largest absolute Gasteiger partial charge is 0.452 e. The van der Waals surface area contributed by atoms with Crippen molar-refractivity contribution in [1.29, 1.82) is 0 Å². The average Bonchev–Trinajstić information content (AvgIpc) is 2.40. The number of benzene rings is 2. The maximum absolute atomic E-state index is 12.3. The zero-order valence-electron chi connectivity index (χ0n) is 10.2. The third-order valence-electron chi connectivity index (χ3n) is 2.82. The number of hydrogen-bond acceptors (Lipinski definition) is 4. The SMILES string of the molecule is CC(=O)Oc1cccc2c(=O)c3ccccc3oc12. The molecule has 4 nitrogen and oxygen atoms in total. The lowest BCUT2D eigenvalue weighted by Gasteiger charge is -2.06. The molecule has 1 heterocycles. The molecule has 1 aromatic heterocycles. The van der Waals surface area contributed by atoms with Gasteiger partial charge in [0.15, 0.2) is 11.3 Å². The van der Waals surface area contributed by atoms with E-state index in [9.17, 15) is 9.59 Å². The number of rotatable bonds is 1. The van der Waals surface area contributed by atoms with Gasteiger partial charge in [0, 0.05) is 6.92 Å². The number of para-hydroxylation sites is 2. The molecule has 3 aromatic rings. The predicted molar refractivity (Wildman–Crippen MR) is 71.3 cm³/mol. The summed E-state index contributed by atoms with van der Waals surface area (Å²) in [7, 11) is 0. The molecule has 0 fully saturated rings. The molecule has 4 heteroatoms. The quantitative estimate of drug-likeness (QED) is 0.380. The third kappa shape index (κ3) is 1.87. The lowest BCUT2D eigenvalue weighted by Crippen LogP contribution is -2.05. The minimum absolute atomic E-state index is 0.133. The second-order valence-corrected chi connectivity index (χ2v) is 4.15. The number of fused-ring (bicyclic) bond motifs is 2. The van der Waals surface area contributed by atoms with Gasteiger partial charge in [-0.15, -0.1) is 0 Å². The Morgan fingerprint density at radius 3 is 2.58 bits per heavy atom. The monoisotopic (exact) mass is 254 g/mol. The van der Waals surface area contributed by atoms with Crippen LogP contribution in [0, 0.1) is 0 Å². The van der Waals surface area contributed by atoms with Gasteiger partial charge in [-0.3, -0.25) is 9.59 Å². The highest BCUT2D eigenvalue weighted by atomic mass is 16.5. The zero-order chi connectivity index (χ0) is 13.4. The molecule has 0 atom stereocenters. The number of ether oxygens (including phenoxy) is 1. The summed E-state index contributed by atoms with van der Waals surface area (Å²) >= 11 is 0. The van der Waals surface area contributed by atoms with Gasteiger partial charge in [0.25, 0.3) is 0 Å². The zero-order valence-corrected chi connectivity index (χ0v) is 10.2. The summed E-state index contributed by atoms with van der Waals surface area (Å²) in [6.07, 6.45) is 0. The Morgan fingerprint density at radius 1 is 1.05 bits per heavy atom. The summed E-state index contributed by atoms with van der Waals surface area (Å²) in [5, 5.41) is 0.910. The standard InChI is InChI=1S/C15H10O4/c1-9(16)18-13-8-4-6-11-14(17)10-5-2-3-7-12(10)19-15(11)13/h2-8H,1H3. The van der Waals surface area contributed by atoms with E-state index in [4.69, 9.17) is 9.15 Å². The van der Waals surface area contributed by atoms with E-state index >= 15 is 0 Å². The van der Waals surface area contributed by atoms with Gasteiger partial charge in [0.2, 0.25) is 5.43 Å². The number of esters is 1. The Balaban J connectivity index is 2.44. The van der Waals surface area contributed by atoms with Crippen molar-refractivity contribution in [2.24, 2.45) is 0 Å². The summed E-state index contributed by atoms with van der Waals surface area (Å²) in [6, 6.07) is 11.9. The minimum Gasteiger partial charge on any atom is -0.452 e. The Kier molecular flexibility index (Phi) is 2.56. The third-order valence-corrected chi connectivity index (χ3v) is 2.82. The van der Waals surface area contributed by atoms with Gasteiger partial charge < -0.3 is 9.15 Å². The molecule has 0 radical (unpaired) electrons. The van der Waals surface area contributed by atoms with Crippen molar-refractivity contribution in [3.8, 4) is 5.75 Å². The van der Waals surface area contributed by atoms with Crippen molar-refractivity contribution in [2.75, 3.05) is 0 Å². The van der Waals surface area contributed by atoms with Crippen LogP contribution >= 0.6 is 0 Å². The Labute approximate surface area is 108 Å². The second-order valence-electron chi connectivity index (χ2n) is 4.15. The lowest BCUT2D eigenvalue weighted by atomic mass is 10.1. The first-order valence-electron chi connectivity index (χ1n) is 5.80. The molecule has 3 rings (SSSR count). The fourth-order valence-electron chi connectivity index (χ4n) is 2.03. The molecule has 0 amide bonds. The van der Waals surface area contributed by atoms with E-state index < -0.39 is 5.97 Å². The fourth-order valence-corrected chi connectivity index (χ4v) is 2.03. The van der Waals surface area contributed by atoms with E-state index in [-0.39, 0.29) is 11.2 Å². The first kappa shape index (κ1) is 11.5. The van der Waals surface area contributed by atoms with Crippen LogP contribution in [0.2, 0.25) is 0 Å². The number of carbonyl (C=O) groups excluding carboxylic acids is 1. The van der Waals surface area contributed by atoms with Crippen LogP contribution in [0.1, 0.15) is 6.92 Å². The van der Waals surface area contributed by atoms with Crippen molar-refractivity contribution < 1.29 is 13.9 Å².